The molecule has 0 unspecified atom stereocenters. The minimum Gasteiger partial charge on any atom is -0.462 e. The summed E-state index contributed by atoms with van der Waals surface area (Å²) in [6.07, 6.45) is 5.12. The van der Waals surface area contributed by atoms with Gasteiger partial charge in [-0.1, -0.05) is 29.5 Å². The van der Waals surface area contributed by atoms with Crippen molar-refractivity contribution in [2.75, 3.05) is 23.4 Å². The van der Waals surface area contributed by atoms with E-state index in [4.69, 9.17) is 10.5 Å². The molecule has 26 heavy (non-hydrogen) atoms. The van der Waals surface area contributed by atoms with E-state index in [1.807, 2.05) is 0 Å². The van der Waals surface area contributed by atoms with E-state index in [1.54, 1.807) is 6.92 Å². The number of aromatic nitrogens is 2. The van der Waals surface area contributed by atoms with Gasteiger partial charge in [-0.25, -0.2) is 4.79 Å². The molecule has 0 saturated heterocycles. The lowest BCUT2D eigenvalue weighted by molar-refractivity contribution is -0.113. The molecule has 1 aliphatic rings. The van der Waals surface area contributed by atoms with E-state index >= 15 is 0 Å². The van der Waals surface area contributed by atoms with Gasteiger partial charge >= 0.3 is 5.97 Å². The molecule has 0 atom stereocenters. The van der Waals surface area contributed by atoms with Gasteiger partial charge in [-0.3, -0.25) is 4.79 Å². The summed E-state index contributed by atoms with van der Waals surface area (Å²) in [4.78, 5) is 26.0. The van der Waals surface area contributed by atoms with Gasteiger partial charge in [0.25, 0.3) is 0 Å². The SMILES string of the molecule is CCOC(=O)c1c(NC(=O)CSc2nnc(N)s2)sc2c1CCCCC2. The average molecular weight is 413 g/mol. The number of hydrogen-bond acceptors (Lipinski definition) is 9. The number of carbonyl (C=O) groups is 2. The van der Waals surface area contributed by atoms with Crippen LogP contribution in [0.3, 0.4) is 0 Å². The third kappa shape index (κ3) is 4.54. The minimum absolute atomic E-state index is 0.180. The summed E-state index contributed by atoms with van der Waals surface area (Å²) in [6.45, 7) is 2.09. The van der Waals surface area contributed by atoms with Crippen LogP contribution in [0.5, 0.6) is 0 Å². The molecule has 0 fully saturated rings. The topological polar surface area (TPSA) is 107 Å². The largest absolute Gasteiger partial charge is 0.462 e. The van der Waals surface area contributed by atoms with Gasteiger partial charge in [0.15, 0.2) is 4.34 Å². The van der Waals surface area contributed by atoms with Crippen molar-refractivity contribution in [2.24, 2.45) is 0 Å². The Morgan fingerprint density at radius 1 is 1.23 bits per heavy atom. The fourth-order valence-electron chi connectivity index (χ4n) is 2.82. The third-order valence-corrected chi connectivity index (χ3v) is 7.00. The number of esters is 1. The van der Waals surface area contributed by atoms with Crippen LogP contribution in [0.25, 0.3) is 0 Å². The number of thiophene rings is 1. The van der Waals surface area contributed by atoms with E-state index in [2.05, 4.69) is 15.5 Å². The number of amides is 1. The van der Waals surface area contributed by atoms with Crippen molar-refractivity contribution < 1.29 is 14.3 Å². The Morgan fingerprint density at radius 2 is 2.04 bits per heavy atom. The molecule has 0 bridgehead atoms. The molecule has 0 spiro atoms. The zero-order valence-electron chi connectivity index (χ0n) is 14.4. The molecule has 1 amide bonds. The second kappa shape index (κ2) is 8.83. The second-order valence-corrected chi connectivity index (χ2v) is 9.07. The van der Waals surface area contributed by atoms with Crippen molar-refractivity contribution >= 4 is 56.4 Å². The van der Waals surface area contributed by atoms with Crippen LogP contribution in [-0.4, -0.2) is 34.4 Å². The van der Waals surface area contributed by atoms with Crippen LogP contribution in [0.2, 0.25) is 0 Å². The van der Waals surface area contributed by atoms with E-state index in [1.165, 1.54) is 39.3 Å². The molecule has 3 N–H and O–H groups in total. The normalized spacial score (nSPS) is 13.7. The molecule has 0 aromatic carbocycles. The minimum atomic E-state index is -0.355. The first-order valence-electron chi connectivity index (χ1n) is 8.41. The number of ether oxygens (including phenoxy) is 1. The maximum atomic E-state index is 12.5. The third-order valence-electron chi connectivity index (χ3n) is 3.90. The van der Waals surface area contributed by atoms with Crippen molar-refractivity contribution in [1.29, 1.82) is 0 Å². The Morgan fingerprint density at radius 3 is 2.77 bits per heavy atom. The summed E-state index contributed by atoms with van der Waals surface area (Å²) in [5.41, 5.74) is 7.12. The van der Waals surface area contributed by atoms with Crippen molar-refractivity contribution in [2.45, 2.75) is 43.4 Å². The predicted octanol–water partition coefficient (Wildman–Crippen LogP) is 3.36. The Labute approximate surface area is 163 Å². The van der Waals surface area contributed by atoms with Crippen LogP contribution in [-0.2, 0) is 22.4 Å². The fourth-order valence-corrected chi connectivity index (χ4v) is 5.55. The van der Waals surface area contributed by atoms with Gasteiger partial charge in [0, 0.05) is 4.88 Å². The molecule has 10 heteroatoms. The number of rotatable bonds is 6. The molecule has 2 aromatic rings. The molecule has 1 aliphatic carbocycles. The molecular formula is C16H20N4O3S3. The standard InChI is InChI=1S/C16H20N4O3S3/c1-2-23-14(22)12-9-6-4-3-5-7-10(9)25-13(12)18-11(21)8-24-16-20-19-15(17)26-16/h2-8H2,1H3,(H2,17,19)(H,18,21). The van der Waals surface area contributed by atoms with Crippen LogP contribution in [0, 0.1) is 0 Å². The molecule has 2 aromatic heterocycles. The number of aryl methyl sites for hydroxylation is 1. The summed E-state index contributed by atoms with van der Waals surface area (Å²) in [7, 11) is 0. The zero-order chi connectivity index (χ0) is 18.5. The average Bonchev–Trinajstić information content (AvgIpc) is 3.09. The zero-order valence-corrected chi connectivity index (χ0v) is 16.8. The Bertz CT molecular complexity index is 803. The van der Waals surface area contributed by atoms with E-state index in [0.717, 1.165) is 37.7 Å². The number of carbonyl (C=O) groups excluding carboxylic acids is 2. The first kappa shape index (κ1) is 19.1. The Hall–Kier alpha value is -1.65. The molecule has 3 rings (SSSR count). The van der Waals surface area contributed by atoms with Crippen LogP contribution < -0.4 is 11.1 Å². The quantitative estimate of drug-likeness (QED) is 0.425. The molecule has 2 heterocycles. The number of hydrogen-bond donors (Lipinski definition) is 2. The van der Waals surface area contributed by atoms with E-state index in [0.29, 0.717) is 26.6 Å². The van der Waals surface area contributed by atoms with Crippen LogP contribution in [0.4, 0.5) is 10.1 Å². The lowest BCUT2D eigenvalue weighted by atomic mass is 10.1. The summed E-state index contributed by atoms with van der Waals surface area (Å²) >= 11 is 4.01. The van der Waals surface area contributed by atoms with Crippen LogP contribution in [0.15, 0.2) is 4.34 Å². The number of anilines is 2. The first-order valence-corrected chi connectivity index (χ1v) is 11.0. The maximum absolute atomic E-state index is 12.5. The number of nitrogens with two attached hydrogens (primary N) is 1. The highest BCUT2D eigenvalue weighted by atomic mass is 32.2. The molecule has 7 nitrogen and oxygen atoms in total. The van der Waals surface area contributed by atoms with Gasteiger partial charge in [0.1, 0.15) is 5.00 Å². The van der Waals surface area contributed by atoms with E-state index in [9.17, 15) is 9.59 Å². The van der Waals surface area contributed by atoms with Crippen molar-refractivity contribution in [3.05, 3.63) is 16.0 Å². The lowest BCUT2D eigenvalue weighted by Gasteiger charge is -2.08. The fraction of sp³-hybridized carbons (Fsp3) is 0.500. The predicted molar refractivity (Wildman–Crippen MR) is 105 cm³/mol. The smallest absolute Gasteiger partial charge is 0.341 e. The summed E-state index contributed by atoms with van der Waals surface area (Å²) in [5.74, 6) is -0.364. The monoisotopic (exact) mass is 412 g/mol. The van der Waals surface area contributed by atoms with Crippen molar-refractivity contribution in [1.82, 2.24) is 10.2 Å². The number of nitrogens with one attached hydrogen (secondary N) is 1. The number of nitrogen functional groups attached to an aromatic ring is 1. The summed E-state index contributed by atoms with van der Waals surface area (Å²) in [5, 5.41) is 11.5. The van der Waals surface area contributed by atoms with Crippen molar-refractivity contribution in [3.63, 3.8) is 0 Å². The Balaban J connectivity index is 1.75. The number of fused-ring (bicyclic) bond motifs is 1. The first-order chi connectivity index (χ1) is 12.6. The molecule has 0 saturated carbocycles. The van der Waals surface area contributed by atoms with E-state index in [-0.39, 0.29) is 17.6 Å². The highest BCUT2D eigenvalue weighted by Crippen LogP contribution is 2.38. The molecule has 0 radical (unpaired) electrons. The van der Waals surface area contributed by atoms with Gasteiger partial charge in [0.05, 0.1) is 17.9 Å². The molecular weight excluding hydrogens is 392 g/mol. The van der Waals surface area contributed by atoms with Crippen LogP contribution in [0.1, 0.15) is 47.0 Å². The van der Waals surface area contributed by atoms with Gasteiger partial charge in [0.2, 0.25) is 11.0 Å². The lowest BCUT2D eigenvalue weighted by Crippen LogP contribution is -2.16. The summed E-state index contributed by atoms with van der Waals surface area (Å²) < 4.78 is 5.87. The highest BCUT2D eigenvalue weighted by molar-refractivity contribution is 8.01. The van der Waals surface area contributed by atoms with Gasteiger partial charge in [-0.05, 0) is 38.2 Å². The second-order valence-electron chi connectivity index (χ2n) is 5.73. The number of thioether (sulfide) groups is 1. The van der Waals surface area contributed by atoms with Gasteiger partial charge in [-0.2, -0.15) is 0 Å². The summed E-state index contributed by atoms with van der Waals surface area (Å²) in [6, 6.07) is 0. The maximum Gasteiger partial charge on any atom is 0.341 e. The van der Waals surface area contributed by atoms with Crippen LogP contribution >= 0.6 is 34.4 Å². The van der Waals surface area contributed by atoms with Crippen molar-refractivity contribution in [3.8, 4) is 0 Å². The van der Waals surface area contributed by atoms with E-state index < -0.39 is 0 Å². The highest BCUT2D eigenvalue weighted by Gasteiger charge is 2.26. The van der Waals surface area contributed by atoms with Gasteiger partial charge in [-0.15, -0.1) is 21.5 Å². The Kier molecular flexibility index (Phi) is 6.49. The molecule has 0 aliphatic heterocycles. The van der Waals surface area contributed by atoms with Gasteiger partial charge < -0.3 is 15.8 Å². The molecule has 140 valence electrons. The number of nitrogens with zero attached hydrogens (tertiary/aromatic N) is 2.